The number of carbonyl (C=O) groups is 2. The van der Waals surface area contributed by atoms with E-state index >= 15 is 0 Å². The third-order valence-corrected chi connectivity index (χ3v) is 5.66. The van der Waals surface area contributed by atoms with Gasteiger partial charge in [-0.15, -0.1) is 0 Å². The molecule has 0 radical (unpaired) electrons. The molecule has 1 aromatic carbocycles. The van der Waals surface area contributed by atoms with Gasteiger partial charge in [-0.3, -0.25) is 9.59 Å². The van der Waals surface area contributed by atoms with E-state index in [2.05, 4.69) is 0 Å². The molecule has 0 aliphatic carbocycles. The van der Waals surface area contributed by atoms with Crippen molar-refractivity contribution in [3.8, 4) is 0 Å². The number of morpholine rings is 1. The zero-order valence-electron chi connectivity index (χ0n) is 18.7. The number of benzene rings is 1. The van der Waals surface area contributed by atoms with Gasteiger partial charge in [-0.05, 0) is 42.8 Å². The minimum absolute atomic E-state index is 0.0707. The Balaban J connectivity index is 1.46. The van der Waals surface area contributed by atoms with E-state index in [1.807, 2.05) is 29.8 Å². The highest BCUT2D eigenvalue weighted by molar-refractivity contribution is 5.94. The number of amides is 2. The summed E-state index contributed by atoms with van der Waals surface area (Å²) in [5, 5.41) is 0. The minimum Gasteiger partial charge on any atom is -0.454 e. The fourth-order valence-electron chi connectivity index (χ4n) is 3.94. The zero-order valence-corrected chi connectivity index (χ0v) is 18.7. The fourth-order valence-corrected chi connectivity index (χ4v) is 3.94. The topological polar surface area (TPSA) is 67.9 Å². The molecule has 0 N–H and O–H groups in total. The van der Waals surface area contributed by atoms with Crippen molar-refractivity contribution in [3.63, 3.8) is 0 Å². The van der Waals surface area contributed by atoms with Gasteiger partial charge >= 0.3 is 0 Å². The number of rotatable bonds is 8. The van der Waals surface area contributed by atoms with E-state index in [0.717, 1.165) is 12.1 Å². The molecule has 7 nitrogen and oxygen atoms in total. The molecule has 0 atom stereocenters. The SMILES string of the molecule is CCCN(Cc1cccn1Cc1ccc(C(=O)N2CCOCC2)o1)C(=O)c1ccccc1F. The summed E-state index contributed by atoms with van der Waals surface area (Å²) in [6.45, 7) is 5.44. The summed E-state index contributed by atoms with van der Waals surface area (Å²) in [5.74, 6) is -0.0394. The second-order valence-electron chi connectivity index (χ2n) is 8.00. The van der Waals surface area contributed by atoms with Crippen molar-refractivity contribution < 1.29 is 23.1 Å². The number of hydrogen-bond acceptors (Lipinski definition) is 4. The third kappa shape index (κ3) is 5.34. The molecule has 8 heteroatoms. The summed E-state index contributed by atoms with van der Waals surface area (Å²) >= 11 is 0. The predicted octanol–water partition coefficient (Wildman–Crippen LogP) is 3.79. The van der Waals surface area contributed by atoms with Crippen molar-refractivity contribution in [2.24, 2.45) is 0 Å². The van der Waals surface area contributed by atoms with E-state index in [4.69, 9.17) is 9.15 Å². The highest BCUT2D eigenvalue weighted by Crippen LogP contribution is 2.18. The first kappa shape index (κ1) is 22.8. The monoisotopic (exact) mass is 453 g/mol. The van der Waals surface area contributed by atoms with E-state index in [0.29, 0.717) is 57.5 Å². The van der Waals surface area contributed by atoms with Crippen LogP contribution in [0.2, 0.25) is 0 Å². The van der Waals surface area contributed by atoms with E-state index in [9.17, 15) is 14.0 Å². The second-order valence-corrected chi connectivity index (χ2v) is 8.00. The molecule has 3 heterocycles. The molecule has 0 saturated carbocycles. The first-order valence-corrected chi connectivity index (χ1v) is 11.2. The first-order chi connectivity index (χ1) is 16.1. The number of ether oxygens (including phenoxy) is 1. The van der Waals surface area contributed by atoms with Crippen LogP contribution in [-0.4, -0.2) is 59.0 Å². The van der Waals surface area contributed by atoms with Crippen LogP contribution in [0.15, 0.2) is 59.1 Å². The molecular weight excluding hydrogens is 425 g/mol. The smallest absolute Gasteiger partial charge is 0.289 e. The van der Waals surface area contributed by atoms with Gasteiger partial charge in [0.2, 0.25) is 0 Å². The largest absolute Gasteiger partial charge is 0.454 e. The molecule has 174 valence electrons. The van der Waals surface area contributed by atoms with Crippen LogP contribution in [0.5, 0.6) is 0 Å². The van der Waals surface area contributed by atoms with Gasteiger partial charge in [0.15, 0.2) is 5.76 Å². The van der Waals surface area contributed by atoms with Crippen LogP contribution in [0, 0.1) is 5.82 Å². The van der Waals surface area contributed by atoms with Gasteiger partial charge in [0, 0.05) is 31.5 Å². The normalized spacial score (nSPS) is 13.8. The number of hydrogen-bond donors (Lipinski definition) is 0. The first-order valence-electron chi connectivity index (χ1n) is 11.2. The maximum atomic E-state index is 14.2. The molecule has 0 unspecified atom stereocenters. The maximum absolute atomic E-state index is 14.2. The Bertz CT molecular complexity index is 1100. The summed E-state index contributed by atoms with van der Waals surface area (Å²) in [6, 6.07) is 13.4. The number of carbonyl (C=O) groups excluding carboxylic acids is 2. The minimum atomic E-state index is -0.521. The number of furan rings is 1. The molecule has 4 rings (SSSR count). The van der Waals surface area contributed by atoms with E-state index in [1.165, 1.54) is 12.1 Å². The lowest BCUT2D eigenvalue weighted by atomic mass is 10.1. The van der Waals surface area contributed by atoms with Crippen molar-refractivity contribution >= 4 is 11.8 Å². The quantitative estimate of drug-likeness (QED) is 0.521. The van der Waals surface area contributed by atoms with Gasteiger partial charge in [0.25, 0.3) is 11.8 Å². The molecule has 2 aromatic heterocycles. The molecule has 1 aliphatic rings. The lowest BCUT2D eigenvalue weighted by Gasteiger charge is -2.25. The van der Waals surface area contributed by atoms with Crippen LogP contribution in [0.3, 0.4) is 0 Å². The van der Waals surface area contributed by atoms with Gasteiger partial charge in [-0.1, -0.05) is 19.1 Å². The molecular formula is C25H28FN3O4. The van der Waals surface area contributed by atoms with Crippen LogP contribution in [0.25, 0.3) is 0 Å². The summed E-state index contributed by atoms with van der Waals surface area (Å²) in [4.78, 5) is 29.0. The van der Waals surface area contributed by atoms with E-state index in [1.54, 1.807) is 34.1 Å². The molecule has 1 aliphatic heterocycles. The van der Waals surface area contributed by atoms with Crippen molar-refractivity contribution in [3.05, 3.63) is 83.3 Å². The lowest BCUT2D eigenvalue weighted by Crippen LogP contribution is -2.40. The predicted molar refractivity (Wildman–Crippen MR) is 120 cm³/mol. The van der Waals surface area contributed by atoms with Crippen LogP contribution >= 0.6 is 0 Å². The molecule has 1 saturated heterocycles. The Kier molecular flexibility index (Phi) is 7.24. The Morgan fingerprint density at radius 3 is 2.61 bits per heavy atom. The number of aromatic nitrogens is 1. The van der Waals surface area contributed by atoms with Crippen molar-refractivity contribution in [1.82, 2.24) is 14.4 Å². The van der Waals surface area contributed by atoms with E-state index < -0.39 is 5.82 Å². The van der Waals surface area contributed by atoms with Crippen LogP contribution in [0.1, 0.15) is 45.7 Å². The Morgan fingerprint density at radius 1 is 1.06 bits per heavy atom. The Hall–Kier alpha value is -3.39. The van der Waals surface area contributed by atoms with Crippen LogP contribution in [0.4, 0.5) is 4.39 Å². The standard InChI is InChI=1S/C25H28FN3O4/c1-2-11-29(24(30)21-7-3-4-8-22(21)26)17-19-6-5-12-28(19)18-20-9-10-23(33-20)25(31)27-13-15-32-16-14-27/h3-10,12H,2,11,13-18H2,1H3. The van der Waals surface area contributed by atoms with Crippen LogP contribution in [-0.2, 0) is 17.8 Å². The van der Waals surface area contributed by atoms with Crippen molar-refractivity contribution in [1.29, 1.82) is 0 Å². The summed E-state index contributed by atoms with van der Waals surface area (Å²) in [7, 11) is 0. The van der Waals surface area contributed by atoms with Gasteiger partial charge < -0.3 is 23.5 Å². The summed E-state index contributed by atoms with van der Waals surface area (Å²) in [5.41, 5.74) is 0.965. The fraction of sp³-hybridized carbons (Fsp3) is 0.360. The third-order valence-electron chi connectivity index (χ3n) is 5.66. The summed E-state index contributed by atoms with van der Waals surface area (Å²) < 4.78 is 27.3. The van der Waals surface area contributed by atoms with Gasteiger partial charge in [-0.25, -0.2) is 4.39 Å². The van der Waals surface area contributed by atoms with Crippen molar-refractivity contribution in [2.75, 3.05) is 32.8 Å². The Morgan fingerprint density at radius 2 is 1.85 bits per heavy atom. The van der Waals surface area contributed by atoms with Gasteiger partial charge in [-0.2, -0.15) is 0 Å². The highest BCUT2D eigenvalue weighted by atomic mass is 19.1. The van der Waals surface area contributed by atoms with Crippen LogP contribution < -0.4 is 0 Å². The van der Waals surface area contributed by atoms with E-state index in [-0.39, 0.29) is 17.4 Å². The van der Waals surface area contributed by atoms with Crippen molar-refractivity contribution in [2.45, 2.75) is 26.4 Å². The lowest BCUT2D eigenvalue weighted by molar-refractivity contribution is 0.0281. The molecule has 1 fully saturated rings. The maximum Gasteiger partial charge on any atom is 0.289 e. The molecule has 0 spiro atoms. The van der Waals surface area contributed by atoms with Gasteiger partial charge in [0.1, 0.15) is 11.6 Å². The molecule has 0 bridgehead atoms. The van der Waals surface area contributed by atoms with Gasteiger partial charge in [0.05, 0.1) is 31.9 Å². The average molecular weight is 454 g/mol. The molecule has 3 aromatic rings. The second kappa shape index (κ2) is 10.5. The average Bonchev–Trinajstić information content (AvgIpc) is 3.49. The molecule has 33 heavy (non-hydrogen) atoms. The molecule has 2 amide bonds. The number of nitrogens with zero attached hydrogens (tertiary/aromatic N) is 3. The zero-order chi connectivity index (χ0) is 23.2. The Labute approximate surface area is 192 Å². The highest BCUT2D eigenvalue weighted by Gasteiger charge is 2.22. The number of halogens is 1. The summed E-state index contributed by atoms with van der Waals surface area (Å²) in [6.07, 6.45) is 2.66.